The minimum atomic E-state index is 0.257. The smallest absolute Gasteiger partial charge is 0.0330 e. The molecule has 1 aliphatic rings. The van der Waals surface area contributed by atoms with Crippen LogP contribution in [0.2, 0.25) is 0 Å². The van der Waals surface area contributed by atoms with Crippen LogP contribution in [0.3, 0.4) is 0 Å². The Morgan fingerprint density at radius 1 is 1.05 bits per heavy atom. The molecule has 114 valence electrons. The molecular weight excluding hydrogens is 234 g/mol. The van der Waals surface area contributed by atoms with Crippen LogP contribution >= 0.6 is 0 Å². The maximum Gasteiger partial charge on any atom is 0.0330 e. The first-order chi connectivity index (χ1) is 8.75. The lowest BCUT2D eigenvalue weighted by molar-refractivity contribution is 0.0275. The normalized spacial score (nSPS) is 18.9. The van der Waals surface area contributed by atoms with Crippen LogP contribution in [0.25, 0.3) is 0 Å². The van der Waals surface area contributed by atoms with Crippen molar-refractivity contribution in [2.45, 2.75) is 64.0 Å². The monoisotopic (exact) mass is 269 g/mol. The molecule has 0 radical (unpaired) electrons. The van der Waals surface area contributed by atoms with E-state index in [0.717, 1.165) is 6.54 Å². The van der Waals surface area contributed by atoms with Gasteiger partial charge in [0.2, 0.25) is 0 Å². The molecule has 3 nitrogen and oxygen atoms in total. The summed E-state index contributed by atoms with van der Waals surface area (Å²) in [6, 6.07) is 0. The van der Waals surface area contributed by atoms with Gasteiger partial charge in [-0.2, -0.15) is 0 Å². The summed E-state index contributed by atoms with van der Waals surface area (Å²) in [6.07, 6.45) is 6.72. The lowest BCUT2D eigenvalue weighted by Crippen LogP contribution is -2.56. The van der Waals surface area contributed by atoms with Crippen LogP contribution in [0, 0.1) is 0 Å². The molecule has 0 atom stereocenters. The number of hydrogen-bond acceptors (Lipinski definition) is 3. The summed E-state index contributed by atoms with van der Waals surface area (Å²) >= 11 is 0. The topological polar surface area (TPSA) is 18.5 Å². The van der Waals surface area contributed by atoms with Crippen LogP contribution in [0.4, 0.5) is 0 Å². The van der Waals surface area contributed by atoms with Crippen LogP contribution in [0.1, 0.15) is 52.9 Å². The fourth-order valence-electron chi connectivity index (χ4n) is 2.88. The Balaban J connectivity index is 2.13. The van der Waals surface area contributed by atoms with Gasteiger partial charge in [-0.05, 0) is 87.1 Å². The largest absolute Gasteiger partial charge is 0.312 e. The molecule has 0 aliphatic heterocycles. The highest BCUT2D eigenvalue weighted by Gasteiger charge is 2.39. The average molecular weight is 269 g/mol. The molecule has 1 fully saturated rings. The van der Waals surface area contributed by atoms with Gasteiger partial charge in [-0.25, -0.2) is 0 Å². The summed E-state index contributed by atoms with van der Waals surface area (Å²) in [5.74, 6) is 0. The molecular formula is C16H35N3. The minimum absolute atomic E-state index is 0.257. The van der Waals surface area contributed by atoms with Gasteiger partial charge in [0.05, 0.1) is 0 Å². The maximum atomic E-state index is 3.56. The van der Waals surface area contributed by atoms with Gasteiger partial charge < -0.3 is 15.1 Å². The summed E-state index contributed by atoms with van der Waals surface area (Å²) in [5.41, 5.74) is 0.727. The van der Waals surface area contributed by atoms with E-state index >= 15 is 0 Å². The number of nitrogens with zero attached hydrogens (tertiary/aromatic N) is 2. The summed E-state index contributed by atoms with van der Waals surface area (Å²) in [4.78, 5) is 4.96. The zero-order valence-electron chi connectivity index (χ0n) is 14.1. The van der Waals surface area contributed by atoms with Crippen LogP contribution in [0.15, 0.2) is 0 Å². The van der Waals surface area contributed by atoms with Crippen molar-refractivity contribution < 1.29 is 0 Å². The van der Waals surface area contributed by atoms with Crippen LogP contribution in [0.5, 0.6) is 0 Å². The third-order valence-corrected chi connectivity index (χ3v) is 4.42. The first-order valence-corrected chi connectivity index (χ1v) is 7.86. The molecule has 3 heteroatoms. The van der Waals surface area contributed by atoms with Gasteiger partial charge in [-0.3, -0.25) is 0 Å². The van der Waals surface area contributed by atoms with Gasteiger partial charge in [0.25, 0.3) is 0 Å². The molecule has 0 bridgehead atoms. The van der Waals surface area contributed by atoms with Crippen molar-refractivity contribution in [3.05, 3.63) is 0 Å². The molecule has 0 unspecified atom stereocenters. The molecule has 1 saturated carbocycles. The zero-order chi connectivity index (χ0) is 14.5. The van der Waals surface area contributed by atoms with E-state index in [2.05, 4.69) is 57.0 Å². The summed E-state index contributed by atoms with van der Waals surface area (Å²) in [6.45, 7) is 10.3. The molecule has 19 heavy (non-hydrogen) atoms. The third kappa shape index (κ3) is 5.80. The second-order valence-electron chi connectivity index (χ2n) is 7.59. The van der Waals surface area contributed by atoms with E-state index in [1.807, 2.05) is 0 Å². The Bertz CT molecular complexity index is 251. The van der Waals surface area contributed by atoms with Gasteiger partial charge in [0.1, 0.15) is 0 Å². The quantitative estimate of drug-likeness (QED) is 0.683. The number of hydrogen-bond donors (Lipinski definition) is 1. The number of likely N-dealkylation sites (N-methyl/N-ethyl adjacent to an activating group) is 2. The molecule has 1 N–H and O–H groups in total. The van der Waals surface area contributed by atoms with E-state index in [1.165, 1.54) is 45.2 Å². The number of nitrogens with one attached hydrogen (secondary N) is 1. The van der Waals surface area contributed by atoms with E-state index in [-0.39, 0.29) is 5.54 Å². The fourth-order valence-corrected chi connectivity index (χ4v) is 2.88. The Labute approximate surface area is 120 Å². The van der Waals surface area contributed by atoms with Gasteiger partial charge in [0.15, 0.2) is 0 Å². The Morgan fingerprint density at radius 2 is 1.68 bits per heavy atom. The molecule has 0 aromatic heterocycles. The van der Waals surface area contributed by atoms with Crippen molar-refractivity contribution in [2.75, 3.05) is 40.8 Å². The average Bonchev–Trinajstić information content (AvgIpc) is 2.20. The molecule has 1 rings (SSSR count). The molecule has 0 heterocycles. The zero-order valence-corrected chi connectivity index (χ0v) is 14.1. The van der Waals surface area contributed by atoms with Gasteiger partial charge in [-0.1, -0.05) is 0 Å². The van der Waals surface area contributed by atoms with Crippen molar-refractivity contribution in [3.8, 4) is 0 Å². The van der Waals surface area contributed by atoms with Gasteiger partial charge >= 0.3 is 0 Å². The maximum absolute atomic E-state index is 3.56. The van der Waals surface area contributed by atoms with E-state index < -0.39 is 0 Å². The standard InChI is InChI=1S/C16H35N3/c1-15(2,3)17-12-7-8-13-19(6)14-16(18(4)5)10-9-11-16/h17H,7-14H2,1-6H3. The molecule has 0 saturated heterocycles. The molecule has 0 aromatic carbocycles. The van der Waals surface area contributed by atoms with Gasteiger partial charge in [0, 0.05) is 17.6 Å². The predicted octanol–water partition coefficient (Wildman–Crippen LogP) is 2.57. The van der Waals surface area contributed by atoms with Crippen molar-refractivity contribution >= 4 is 0 Å². The van der Waals surface area contributed by atoms with E-state index in [4.69, 9.17) is 0 Å². The SMILES string of the molecule is CN(CCCCNC(C)(C)C)CC1(N(C)C)CCC1. The first kappa shape index (κ1) is 16.9. The highest BCUT2D eigenvalue weighted by molar-refractivity contribution is 4.97. The molecule has 0 amide bonds. The highest BCUT2D eigenvalue weighted by atomic mass is 15.2. The summed E-state index contributed by atoms with van der Waals surface area (Å²) < 4.78 is 0. The Kier molecular flexibility index (Phi) is 6.28. The number of unbranched alkanes of at least 4 members (excludes halogenated alkanes) is 1. The summed E-state index contributed by atoms with van der Waals surface area (Å²) in [7, 11) is 6.75. The van der Waals surface area contributed by atoms with E-state index in [9.17, 15) is 0 Å². The predicted molar refractivity (Wildman–Crippen MR) is 84.8 cm³/mol. The van der Waals surface area contributed by atoms with Crippen LogP contribution in [-0.4, -0.2) is 61.7 Å². The van der Waals surface area contributed by atoms with E-state index in [1.54, 1.807) is 0 Å². The third-order valence-electron chi connectivity index (χ3n) is 4.42. The molecule has 1 aliphatic carbocycles. The minimum Gasteiger partial charge on any atom is -0.312 e. The number of rotatable bonds is 8. The molecule has 0 aromatic rings. The van der Waals surface area contributed by atoms with Crippen molar-refractivity contribution in [3.63, 3.8) is 0 Å². The van der Waals surface area contributed by atoms with E-state index in [0.29, 0.717) is 5.54 Å². The second-order valence-corrected chi connectivity index (χ2v) is 7.59. The highest BCUT2D eigenvalue weighted by Crippen LogP contribution is 2.36. The van der Waals surface area contributed by atoms with Gasteiger partial charge in [-0.15, -0.1) is 0 Å². The molecule has 0 spiro atoms. The van der Waals surface area contributed by atoms with Crippen molar-refractivity contribution in [1.29, 1.82) is 0 Å². The fraction of sp³-hybridized carbons (Fsp3) is 1.00. The first-order valence-electron chi connectivity index (χ1n) is 7.86. The second kappa shape index (κ2) is 7.05. The lowest BCUT2D eigenvalue weighted by Gasteiger charge is -2.49. The Hall–Kier alpha value is -0.120. The van der Waals surface area contributed by atoms with Crippen LogP contribution in [-0.2, 0) is 0 Å². The van der Waals surface area contributed by atoms with Crippen molar-refractivity contribution in [2.24, 2.45) is 0 Å². The summed E-state index contributed by atoms with van der Waals surface area (Å²) in [5, 5.41) is 3.56. The van der Waals surface area contributed by atoms with Crippen molar-refractivity contribution in [1.82, 2.24) is 15.1 Å². The Morgan fingerprint density at radius 3 is 2.11 bits per heavy atom. The van der Waals surface area contributed by atoms with Crippen LogP contribution < -0.4 is 5.32 Å². The lowest BCUT2D eigenvalue weighted by atomic mass is 9.75.